The molecule has 40 heavy (non-hydrogen) atoms. The maximum atomic E-state index is 11.8. The van der Waals surface area contributed by atoms with Crippen LogP contribution < -0.4 is 5.32 Å². The minimum Gasteiger partial charge on any atom is -0.346 e. The van der Waals surface area contributed by atoms with Gasteiger partial charge in [0.2, 0.25) is 0 Å². The summed E-state index contributed by atoms with van der Waals surface area (Å²) >= 11 is 18.2. The van der Waals surface area contributed by atoms with Crippen molar-refractivity contribution < 1.29 is 4.92 Å². The Balaban J connectivity index is 1.31. The molecule has 1 heterocycles. The number of thiocarbonyl (C=S) groups is 1. The smallest absolute Gasteiger partial charge is 0.294 e. The lowest BCUT2D eigenvalue weighted by Gasteiger charge is -2.39. The number of nitriles is 1. The second-order valence-corrected chi connectivity index (χ2v) is 12.5. The minimum absolute atomic E-state index is 0.131. The van der Waals surface area contributed by atoms with Gasteiger partial charge in [0.15, 0.2) is 5.11 Å². The number of hydrogen-bond acceptors (Lipinski definition) is 6. The lowest BCUT2D eigenvalue weighted by atomic mass is 9.80. The zero-order chi connectivity index (χ0) is 28.4. The fraction of sp³-hybridized carbons (Fsp3) is 0.517. The first-order valence-corrected chi connectivity index (χ1v) is 15.0. The van der Waals surface area contributed by atoms with E-state index in [1.54, 1.807) is 0 Å². The summed E-state index contributed by atoms with van der Waals surface area (Å²) in [7, 11) is 2.16. The second kappa shape index (κ2) is 12.2. The first-order valence-electron chi connectivity index (χ1n) is 13.8. The van der Waals surface area contributed by atoms with Gasteiger partial charge in [0.05, 0.1) is 26.6 Å². The van der Waals surface area contributed by atoms with E-state index in [0.717, 1.165) is 71.4 Å². The van der Waals surface area contributed by atoms with Crippen LogP contribution in [0.1, 0.15) is 43.2 Å². The van der Waals surface area contributed by atoms with Gasteiger partial charge in [-0.05, 0) is 93.0 Å². The van der Waals surface area contributed by atoms with Crippen LogP contribution in [-0.4, -0.2) is 77.1 Å². The summed E-state index contributed by atoms with van der Waals surface area (Å²) < 4.78 is 0. The summed E-state index contributed by atoms with van der Waals surface area (Å²) in [6.07, 6.45) is 5.06. The Kier molecular flexibility index (Phi) is 8.83. The van der Waals surface area contributed by atoms with Gasteiger partial charge in [0.1, 0.15) is 5.69 Å². The number of hydrogen-bond donors (Lipinski definition) is 1. The average Bonchev–Trinajstić information content (AvgIpc) is 3.69. The number of rotatable bonds is 8. The summed E-state index contributed by atoms with van der Waals surface area (Å²) in [4.78, 5) is 18.4. The molecule has 11 heteroatoms. The molecule has 0 radical (unpaired) electrons. The molecule has 3 atom stereocenters. The summed E-state index contributed by atoms with van der Waals surface area (Å²) in [6, 6.07) is 13.3. The van der Waals surface area contributed by atoms with Crippen molar-refractivity contribution in [1.29, 1.82) is 5.26 Å². The van der Waals surface area contributed by atoms with Crippen molar-refractivity contribution >= 4 is 51.9 Å². The molecule has 0 amide bonds. The summed E-state index contributed by atoms with van der Waals surface area (Å²) in [6.45, 7) is 6.02. The molecule has 0 aromatic heterocycles. The molecule has 5 rings (SSSR count). The van der Waals surface area contributed by atoms with Crippen molar-refractivity contribution in [2.24, 2.45) is 5.92 Å². The lowest BCUT2D eigenvalue weighted by molar-refractivity contribution is -0.383. The van der Waals surface area contributed by atoms with Crippen molar-refractivity contribution in [3.05, 3.63) is 67.7 Å². The molecular formula is C29H34Cl2N6O2S. The Morgan fingerprint density at radius 3 is 2.70 bits per heavy atom. The number of halogens is 2. The van der Waals surface area contributed by atoms with Crippen molar-refractivity contribution in [2.75, 3.05) is 51.6 Å². The Labute approximate surface area is 251 Å². The molecular weight excluding hydrogens is 567 g/mol. The summed E-state index contributed by atoms with van der Waals surface area (Å²) in [5.74, 6) is 0.530. The predicted molar refractivity (Wildman–Crippen MR) is 163 cm³/mol. The highest BCUT2D eigenvalue weighted by Crippen LogP contribution is 2.63. The van der Waals surface area contributed by atoms with Gasteiger partial charge in [-0.15, -0.1) is 0 Å². The minimum atomic E-state index is -0.473. The Morgan fingerprint density at radius 1 is 1.25 bits per heavy atom. The van der Waals surface area contributed by atoms with Gasteiger partial charge < -0.3 is 20.0 Å². The van der Waals surface area contributed by atoms with Crippen molar-refractivity contribution in [3.63, 3.8) is 0 Å². The van der Waals surface area contributed by atoms with E-state index in [1.807, 2.05) is 18.2 Å². The number of fused-ring (bicyclic) bond motifs is 1. The average molecular weight is 602 g/mol. The molecule has 3 aliphatic rings. The van der Waals surface area contributed by atoms with Crippen molar-refractivity contribution in [2.45, 2.75) is 43.6 Å². The van der Waals surface area contributed by atoms with E-state index in [9.17, 15) is 15.4 Å². The zero-order valence-corrected chi connectivity index (χ0v) is 24.9. The molecule has 212 valence electrons. The molecule has 1 N–H and O–H groups in total. The van der Waals surface area contributed by atoms with Crippen LogP contribution in [0.5, 0.6) is 0 Å². The van der Waals surface area contributed by atoms with Crippen molar-refractivity contribution in [3.8, 4) is 6.07 Å². The van der Waals surface area contributed by atoms with E-state index < -0.39 is 4.92 Å². The van der Waals surface area contributed by atoms with E-state index >= 15 is 0 Å². The Morgan fingerprint density at radius 2 is 2.00 bits per heavy atom. The first-order chi connectivity index (χ1) is 19.2. The van der Waals surface area contributed by atoms with Crippen LogP contribution in [0.15, 0.2) is 36.4 Å². The van der Waals surface area contributed by atoms with Crippen LogP contribution >= 0.6 is 35.4 Å². The number of benzene rings is 2. The maximum absolute atomic E-state index is 11.8. The molecule has 2 aromatic rings. The molecule has 2 aromatic carbocycles. The fourth-order valence-corrected chi connectivity index (χ4v) is 7.18. The SMILES string of the molecule is CN1CCN(CCCN(C(=S)Nc2cc(Cl)c(Cl)cc2[N+](=O)[O-])[C@@H]2CC[C@]3(c4cccc(C#N)c4)CC3C2)CC1. The quantitative estimate of drug-likeness (QED) is 0.227. The van der Waals surface area contributed by atoms with Crippen LogP contribution in [0.3, 0.4) is 0 Å². The summed E-state index contributed by atoms with van der Waals surface area (Å²) in [5, 5.41) is 25.1. The van der Waals surface area contributed by atoms with E-state index in [4.69, 9.17) is 35.4 Å². The van der Waals surface area contributed by atoms with Gasteiger partial charge in [-0.2, -0.15) is 5.26 Å². The van der Waals surface area contributed by atoms with Gasteiger partial charge in [-0.1, -0.05) is 35.3 Å². The first kappa shape index (κ1) is 29.0. The highest BCUT2D eigenvalue weighted by molar-refractivity contribution is 7.80. The number of anilines is 1. The van der Waals surface area contributed by atoms with Gasteiger partial charge in [0.25, 0.3) is 5.69 Å². The molecule has 3 fully saturated rings. The topological polar surface area (TPSA) is 88.7 Å². The normalized spacial score (nSPS) is 24.6. The van der Waals surface area contributed by atoms with Gasteiger partial charge in [-0.25, -0.2) is 0 Å². The number of nitrogens with one attached hydrogen (secondary N) is 1. The van der Waals surface area contributed by atoms with Crippen LogP contribution in [0.25, 0.3) is 0 Å². The van der Waals surface area contributed by atoms with Crippen molar-refractivity contribution in [1.82, 2.24) is 14.7 Å². The Bertz CT molecular complexity index is 1330. The number of likely N-dealkylation sites (N-methyl/N-ethyl adjacent to an activating group) is 1. The predicted octanol–water partition coefficient (Wildman–Crippen LogP) is 5.92. The highest BCUT2D eigenvalue weighted by atomic mass is 35.5. The van der Waals surface area contributed by atoms with E-state index in [-0.39, 0.29) is 32.9 Å². The fourth-order valence-electron chi connectivity index (χ4n) is 6.51. The van der Waals surface area contributed by atoms with Gasteiger partial charge in [-0.3, -0.25) is 10.1 Å². The monoisotopic (exact) mass is 600 g/mol. The third kappa shape index (κ3) is 6.22. The molecule has 2 saturated carbocycles. The molecule has 2 aliphatic carbocycles. The molecule has 0 spiro atoms. The number of nitro groups is 1. The third-order valence-electron chi connectivity index (χ3n) is 8.93. The van der Waals surface area contributed by atoms with Crippen LogP contribution in [0, 0.1) is 27.4 Å². The maximum Gasteiger partial charge on any atom is 0.294 e. The zero-order valence-electron chi connectivity index (χ0n) is 22.6. The van der Waals surface area contributed by atoms with Crippen LogP contribution in [0.4, 0.5) is 11.4 Å². The van der Waals surface area contributed by atoms with Gasteiger partial charge >= 0.3 is 0 Å². The number of nitro benzene ring substituents is 1. The summed E-state index contributed by atoms with van der Waals surface area (Å²) in [5.41, 5.74) is 2.21. The molecule has 0 bridgehead atoms. The number of piperazine rings is 1. The molecule has 1 saturated heterocycles. The highest BCUT2D eigenvalue weighted by Gasteiger charge is 2.58. The molecule has 1 aliphatic heterocycles. The largest absolute Gasteiger partial charge is 0.346 e. The van der Waals surface area contributed by atoms with E-state index in [0.29, 0.717) is 16.6 Å². The van der Waals surface area contributed by atoms with Gasteiger partial charge in [0, 0.05) is 44.8 Å². The molecule has 1 unspecified atom stereocenters. The number of nitrogens with zero attached hydrogens (tertiary/aromatic N) is 5. The standard InChI is InChI=1S/C29H34Cl2N6O2S/c1-34-10-12-35(13-11-34)8-3-9-36(28(40)33-26-16-24(30)25(31)17-27(26)37(38)39)23-6-7-29(18-22(29)15-23)21-5-2-4-20(14-21)19-32/h2,4-5,14,16-17,22-23H,3,6-13,15,18H2,1H3,(H,33,40)/t22?,23-,29-/m1/s1. The van der Waals surface area contributed by atoms with E-state index in [1.165, 1.54) is 17.7 Å². The third-order valence-corrected chi connectivity index (χ3v) is 9.99. The second-order valence-electron chi connectivity index (χ2n) is 11.3. The lowest BCUT2D eigenvalue weighted by Crippen LogP contribution is -2.48. The van der Waals surface area contributed by atoms with E-state index in [2.05, 4.69) is 39.2 Å². The van der Waals surface area contributed by atoms with Crippen LogP contribution in [0.2, 0.25) is 10.0 Å². The molecule has 8 nitrogen and oxygen atoms in total. The van der Waals surface area contributed by atoms with Crippen LogP contribution in [-0.2, 0) is 5.41 Å². The Hall–Kier alpha value is -2.48.